The van der Waals surface area contributed by atoms with Crippen LogP contribution in [0.3, 0.4) is 0 Å². The van der Waals surface area contributed by atoms with Crippen LogP contribution in [0.25, 0.3) is 0 Å². The number of hydrogen-bond donors (Lipinski definition) is 0. The molecule has 1 aromatic rings. The molecule has 0 spiro atoms. The summed E-state index contributed by atoms with van der Waals surface area (Å²) in [6.45, 7) is 0. The monoisotopic (exact) mass is 221 g/mol. The van der Waals surface area contributed by atoms with Gasteiger partial charge < -0.3 is 4.74 Å². The van der Waals surface area contributed by atoms with Crippen LogP contribution in [-0.4, -0.2) is 7.11 Å². The zero-order valence-electron chi connectivity index (χ0n) is 8.59. The Morgan fingerprint density at radius 2 is 2.20 bits per heavy atom. The van der Waals surface area contributed by atoms with Crippen LogP contribution in [0.1, 0.15) is 24.8 Å². The second kappa shape index (κ2) is 3.75. The topological polar surface area (TPSA) is 33.0 Å². The van der Waals surface area contributed by atoms with E-state index in [1.165, 1.54) is 0 Å². The van der Waals surface area contributed by atoms with Crippen molar-refractivity contribution in [3.05, 3.63) is 28.8 Å². The molecular weight excluding hydrogens is 210 g/mol. The molecule has 0 unspecified atom stereocenters. The maximum Gasteiger partial charge on any atom is 0.123 e. The minimum absolute atomic E-state index is 0.365. The van der Waals surface area contributed by atoms with Crippen molar-refractivity contribution in [3.63, 3.8) is 0 Å². The van der Waals surface area contributed by atoms with Gasteiger partial charge in [-0.25, -0.2) is 0 Å². The van der Waals surface area contributed by atoms with Gasteiger partial charge in [0.2, 0.25) is 0 Å². The first-order chi connectivity index (χ1) is 7.22. The van der Waals surface area contributed by atoms with Gasteiger partial charge in [0, 0.05) is 10.6 Å². The highest BCUT2D eigenvalue weighted by Gasteiger charge is 2.41. The number of ether oxygens (including phenoxy) is 1. The molecule has 0 bridgehead atoms. The first-order valence-corrected chi connectivity index (χ1v) is 5.35. The lowest BCUT2D eigenvalue weighted by molar-refractivity contribution is 0.307. The number of halogens is 1. The molecule has 1 aliphatic carbocycles. The molecule has 1 aromatic carbocycles. The van der Waals surface area contributed by atoms with Crippen LogP contribution < -0.4 is 4.74 Å². The lowest BCUT2D eigenvalue weighted by atomic mass is 9.65. The van der Waals surface area contributed by atoms with Crippen LogP contribution in [-0.2, 0) is 5.41 Å². The standard InChI is InChI=1S/C12H12ClNO/c1-15-11-4-3-9(13)7-10(11)12(8-14)5-2-6-12/h3-4,7H,2,5-6H2,1H3. The molecule has 0 atom stereocenters. The van der Waals surface area contributed by atoms with Crippen molar-refractivity contribution in [3.8, 4) is 11.8 Å². The number of hydrogen-bond acceptors (Lipinski definition) is 2. The summed E-state index contributed by atoms with van der Waals surface area (Å²) in [7, 11) is 1.62. The molecule has 0 heterocycles. The van der Waals surface area contributed by atoms with E-state index in [1.807, 2.05) is 12.1 Å². The van der Waals surface area contributed by atoms with Crippen LogP contribution in [0.15, 0.2) is 18.2 Å². The molecule has 15 heavy (non-hydrogen) atoms. The number of methoxy groups -OCH3 is 1. The summed E-state index contributed by atoms with van der Waals surface area (Å²) >= 11 is 5.95. The van der Waals surface area contributed by atoms with Crippen LogP contribution in [0.2, 0.25) is 5.02 Å². The third-order valence-corrected chi connectivity index (χ3v) is 3.33. The average Bonchev–Trinajstić information content (AvgIpc) is 2.17. The minimum atomic E-state index is -0.365. The third kappa shape index (κ3) is 1.57. The molecular formula is C12H12ClNO. The van der Waals surface area contributed by atoms with Crippen LogP contribution in [0.5, 0.6) is 5.75 Å². The molecule has 78 valence electrons. The Balaban J connectivity index is 2.50. The van der Waals surface area contributed by atoms with E-state index in [9.17, 15) is 5.26 Å². The molecule has 0 aliphatic heterocycles. The Kier molecular flexibility index (Phi) is 2.58. The zero-order valence-corrected chi connectivity index (χ0v) is 9.34. The number of nitriles is 1. The van der Waals surface area contributed by atoms with E-state index in [2.05, 4.69) is 6.07 Å². The summed E-state index contributed by atoms with van der Waals surface area (Å²) in [6.07, 6.45) is 2.91. The van der Waals surface area contributed by atoms with Crippen LogP contribution >= 0.6 is 11.6 Å². The molecule has 0 N–H and O–H groups in total. The van der Waals surface area contributed by atoms with Gasteiger partial charge in [-0.3, -0.25) is 0 Å². The fourth-order valence-electron chi connectivity index (χ4n) is 2.03. The van der Waals surface area contributed by atoms with Gasteiger partial charge in [0.05, 0.1) is 18.6 Å². The van der Waals surface area contributed by atoms with Gasteiger partial charge in [-0.1, -0.05) is 11.6 Å². The van der Waals surface area contributed by atoms with Gasteiger partial charge in [0.25, 0.3) is 0 Å². The molecule has 1 aliphatic rings. The maximum atomic E-state index is 9.25. The number of benzene rings is 1. The summed E-state index contributed by atoms with van der Waals surface area (Å²) in [5.74, 6) is 0.764. The fourth-order valence-corrected chi connectivity index (χ4v) is 2.20. The summed E-state index contributed by atoms with van der Waals surface area (Å²) < 4.78 is 5.27. The summed E-state index contributed by atoms with van der Waals surface area (Å²) in [5, 5.41) is 9.91. The van der Waals surface area contributed by atoms with E-state index in [1.54, 1.807) is 13.2 Å². The van der Waals surface area contributed by atoms with Crippen molar-refractivity contribution in [2.24, 2.45) is 0 Å². The van der Waals surface area contributed by atoms with E-state index >= 15 is 0 Å². The summed E-state index contributed by atoms with van der Waals surface area (Å²) in [4.78, 5) is 0. The van der Waals surface area contributed by atoms with E-state index in [0.29, 0.717) is 5.02 Å². The second-order valence-corrected chi connectivity index (χ2v) is 4.33. The Morgan fingerprint density at radius 1 is 1.47 bits per heavy atom. The molecule has 3 heteroatoms. The normalized spacial score (nSPS) is 17.7. The average molecular weight is 222 g/mol. The van der Waals surface area contributed by atoms with Crippen LogP contribution in [0, 0.1) is 11.3 Å². The predicted octanol–water partition coefficient (Wildman–Crippen LogP) is 3.29. The lowest BCUT2D eigenvalue weighted by Gasteiger charge is -2.36. The van der Waals surface area contributed by atoms with Gasteiger partial charge >= 0.3 is 0 Å². The number of nitrogens with zero attached hydrogens (tertiary/aromatic N) is 1. The molecule has 0 amide bonds. The molecule has 1 fully saturated rings. The van der Waals surface area contributed by atoms with Crippen molar-refractivity contribution in [1.82, 2.24) is 0 Å². The molecule has 0 radical (unpaired) electrons. The Labute approximate surface area is 94.4 Å². The highest BCUT2D eigenvalue weighted by Crippen LogP contribution is 2.47. The minimum Gasteiger partial charge on any atom is -0.496 e. The highest BCUT2D eigenvalue weighted by atomic mass is 35.5. The molecule has 0 aromatic heterocycles. The van der Waals surface area contributed by atoms with Crippen molar-refractivity contribution < 1.29 is 4.74 Å². The van der Waals surface area contributed by atoms with Crippen molar-refractivity contribution in [2.75, 3.05) is 7.11 Å². The quantitative estimate of drug-likeness (QED) is 0.768. The smallest absolute Gasteiger partial charge is 0.123 e. The fraction of sp³-hybridized carbons (Fsp3) is 0.417. The summed E-state index contributed by atoms with van der Waals surface area (Å²) in [5.41, 5.74) is 0.572. The summed E-state index contributed by atoms with van der Waals surface area (Å²) in [6, 6.07) is 7.86. The van der Waals surface area contributed by atoms with E-state index in [4.69, 9.17) is 16.3 Å². The lowest BCUT2D eigenvalue weighted by Crippen LogP contribution is -2.32. The van der Waals surface area contributed by atoms with Gasteiger partial charge in [-0.2, -0.15) is 5.26 Å². The first kappa shape index (κ1) is 10.3. The van der Waals surface area contributed by atoms with Crippen molar-refractivity contribution >= 4 is 11.6 Å². The predicted molar refractivity (Wildman–Crippen MR) is 59.1 cm³/mol. The Morgan fingerprint density at radius 3 is 2.67 bits per heavy atom. The van der Waals surface area contributed by atoms with Crippen LogP contribution in [0.4, 0.5) is 0 Å². The van der Waals surface area contributed by atoms with Gasteiger partial charge in [-0.05, 0) is 37.5 Å². The van der Waals surface area contributed by atoms with E-state index in [-0.39, 0.29) is 5.41 Å². The largest absolute Gasteiger partial charge is 0.496 e. The second-order valence-electron chi connectivity index (χ2n) is 3.89. The van der Waals surface area contributed by atoms with Crippen molar-refractivity contribution in [2.45, 2.75) is 24.7 Å². The van der Waals surface area contributed by atoms with E-state index < -0.39 is 0 Å². The third-order valence-electron chi connectivity index (χ3n) is 3.10. The maximum absolute atomic E-state index is 9.25. The van der Waals surface area contributed by atoms with Crippen molar-refractivity contribution in [1.29, 1.82) is 5.26 Å². The SMILES string of the molecule is COc1ccc(Cl)cc1C1(C#N)CCC1. The van der Waals surface area contributed by atoms with Gasteiger partial charge in [0.15, 0.2) is 0 Å². The Bertz CT molecular complexity index is 418. The molecule has 2 nitrogen and oxygen atoms in total. The Hall–Kier alpha value is -1.20. The van der Waals surface area contributed by atoms with Gasteiger partial charge in [-0.15, -0.1) is 0 Å². The molecule has 1 saturated carbocycles. The first-order valence-electron chi connectivity index (χ1n) is 4.97. The number of rotatable bonds is 2. The molecule has 0 saturated heterocycles. The molecule has 2 rings (SSSR count). The van der Waals surface area contributed by atoms with E-state index in [0.717, 1.165) is 30.6 Å². The highest BCUT2D eigenvalue weighted by molar-refractivity contribution is 6.30. The van der Waals surface area contributed by atoms with Gasteiger partial charge in [0.1, 0.15) is 5.75 Å². The zero-order chi connectivity index (χ0) is 10.9.